The third kappa shape index (κ3) is 3.67. The van der Waals surface area contributed by atoms with Gasteiger partial charge in [0.2, 0.25) is 11.9 Å². The Kier molecular flexibility index (Phi) is 4.42. The molecule has 25 heavy (non-hydrogen) atoms. The molecule has 6 nitrogen and oxygen atoms in total. The molecule has 0 unspecified atom stereocenters. The molecule has 3 heterocycles. The lowest BCUT2D eigenvalue weighted by molar-refractivity contribution is -0.131. The summed E-state index contributed by atoms with van der Waals surface area (Å²) in [5, 5.41) is 0. The molecule has 1 amide bonds. The van der Waals surface area contributed by atoms with E-state index < -0.39 is 0 Å². The van der Waals surface area contributed by atoms with Gasteiger partial charge < -0.3 is 14.2 Å². The van der Waals surface area contributed by atoms with E-state index in [4.69, 9.17) is 4.42 Å². The summed E-state index contributed by atoms with van der Waals surface area (Å²) in [7, 11) is 0. The first-order chi connectivity index (χ1) is 12.2. The molecule has 1 aliphatic carbocycles. The zero-order chi connectivity index (χ0) is 17.2. The molecular weight excluding hydrogens is 316 g/mol. The maximum absolute atomic E-state index is 12.5. The molecule has 2 aliphatic rings. The lowest BCUT2D eigenvalue weighted by Gasteiger charge is -2.34. The number of aryl methyl sites for hydroxylation is 1. The molecule has 1 saturated carbocycles. The number of piperazine rings is 1. The number of carbonyl (C=O) groups is 1. The van der Waals surface area contributed by atoms with Crippen molar-refractivity contribution in [1.82, 2.24) is 14.9 Å². The molecule has 2 fully saturated rings. The largest absolute Gasteiger partial charge is 0.466 e. The number of anilines is 1. The zero-order valence-corrected chi connectivity index (χ0v) is 14.6. The lowest BCUT2D eigenvalue weighted by Crippen LogP contribution is -2.49. The molecular formula is C19H24N4O2. The van der Waals surface area contributed by atoms with Gasteiger partial charge in [0.15, 0.2) is 0 Å². The van der Waals surface area contributed by atoms with E-state index in [2.05, 4.69) is 27.9 Å². The second kappa shape index (κ2) is 6.86. The summed E-state index contributed by atoms with van der Waals surface area (Å²) in [4.78, 5) is 25.1. The molecule has 0 spiro atoms. The fourth-order valence-electron chi connectivity index (χ4n) is 3.45. The van der Waals surface area contributed by atoms with Crippen LogP contribution in [0, 0.1) is 5.92 Å². The smallest absolute Gasteiger partial charge is 0.225 e. The first-order valence-electron chi connectivity index (χ1n) is 9.09. The van der Waals surface area contributed by atoms with E-state index >= 15 is 0 Å². The number of furan rings is 1. The Labute approximate surface area is 147 Å². The average molecular weight is 340 g/mol. The van der Waals surface area contributed by atoms with Crippen molar-refractivity contribution in [1.29, 1.82) is 0 Å². The Bertz CT molecular complexity index is 722. The van der Waals surface area contributed by atoms with Crippen molar-refractivity contribution in [2.75, 3.05) is 31.1 Å². The summed E-state index contributed by atoms with van der Waals surface area (Å²) in [6.45, 7) is 5.25. The number of amides is 1. The van der Waals surface area contributed by atoms with E-state index in [0.29, 0.717) is 18.8 Å². The molecule has 0 bridgehead atoms. The van der Waals surface area contributed by atoms with E-state index in [1.165, 1.54) is 6.42 Å². The topological polar surface area (TPSA) is 62.5 Å². The van der Waals surface area contributed by atoms with E-state index in [1.807, 2.05) is 17.0 Å². The summed E-state index contributed by atoms with van der Waals surface area (Å²) in [6, 6.07) is 5.91. The summed E-state index contributed by atoms with van der Waals surface area (Å²) in [6.07, 6.45) is 5.91. The van der Waals surface area contributed by atoms with Crippen molar-refractivity contribution in [3.8, 4) is 0 Å². The highest BCUT2D eigenvalue weighted by atomic mass is 16.3. The zero-order valence-electron chi connectivity index (χ0n) is 14.6. The van der Waals surface area contributed by atoms with Gasteiger partial charge in [-0.3, -0.25) is 4.79 Å². The van der Waals surface area contributed by atoms with Gasteiger partial charge in [-0.25, -0.2) is 9.97 Å². The van der Waals surface area contributed by atoms with Gasteiger partial charge in [0.1, 0.15) is 11.5 Å². The second-order valence-corrected chi connectivity index (χ2v) is 7.04. The third-order valence-electron chi connectivity index (χ3n) is 5.21. The predicted molar refractivity (Wildman–Crippen MR) is 94.4 cm³/mol. The first kappa shape index (κ1) is 16.1. The standard InChI is InChI=1S/C19H24N4O2/c1-14-13-16(14)17-5-3-15(25-17)4-6-18(24)22-9-11-23(12-10-22)19-20-7-2-8-21-19/h2-3,5,7-8,14,16H,4,6,9-13H2,1H3/t14-,16-/m0/s1. The van der Waals surface area contributed by atoms with Gasteiger partial charge in [-0.05, 0) is 30.5 Å². The number of rotatable bonds is 5. The van der Waals surface area contributed by atoms with Crippen LogP contribution in [0.1, 0.15) is 37.2 Å². The van der Waals surface area contributed by atoms with Crippen LogP contribution in [0.2, 0.25) is 0 Å². The van der Waals surface area contributed by atoms with Gasteiger partial charge in [-0.2, -0.15) is 0 Å². The Morgan fingerprint density at radius 2 is 1.92 bits per heavy atom. The van der Waals surface area contributed by atoms with Crippen molar-refractivity contribution in [3.63, 3.8) is 0 Å². The molecule has 2 atom stereocenters. The van der Waals surface area contributed by atoms with Crippen LogP contribution >= 0.6 is 0 Å². The highest BCUT2D eigenvalue weighted by molar-refractivity contribution is 5.76. The fraction of sp³-hybridized carbons (Fsp3) is 0.526. The van der Waals surface area contributed by atoms with Gasteiger partial charge in [-0.1, -0.05) is 6.92 Å². The van der Waals surface area contributed by atoms with Crippen molar-refractivity contribution in [2.45, 2.75) is 32.1 Å². The molecule has 6 heteroatoms. The van der Waals surface area contributed by atoms with Gasteiger partial charge in [0.25, 0.3) is 0 Å². The highest BCUT2D eigenvalue weighted by Gasteiger charge is 2.36. The SMILES string of the molecule is C[C@H]1C[C@@H]1c1ccc(CCC(=O)N2CCN(c3ncccn3)CC2)o1. The number of hydrogen-bond donors (Lipinski definition) is 0. The Morgan fingerprint density at radius 1 is 1.20 bits per heavy atom. The molecule has 2 aromatic rings. The summed E-state index contributed by atoms with van der Waals surface area (Å²) in [5.41, 5.74) is 0. The summed E-state index contributed by atoms with van der Waals surface area (Å²) in [5.74, 6) is 4.30. The number of aromatic nitrogens is 2. The average Bonchev–Trinajstić information content (AvgIpc) is 3.20. The van der Waals surface area contributed by atoms with E-state index in [0.717, 1.165) is 49.6 Å². The Morgan fingerprint density at radius 3 is 2.60 bits per heavy atom. The molecule has 0 radical (unpaired) electrons. The quantitative estimate of drug-likeness (QED) is 0.837. The fourth-order valence-corrected chi connectivity index (χ4v) is 3.45. The minimum atomic E-state index is 0.200. The monoisotopic (exact) mass is 340 g/mol. The van der Waals surface area contributed by atoms with Crippen LogP contribution in [0.25, 0.3) is 0 Å². The predicted octanol–water partition coefficient (Wildman–Crippen LogP) is 2.47. The van der Waals surface area contributed by atoms with Gasteiger partial charge >= 0.3 is 0 Å². The van der Waals surface area contributed by atoms with Crippen LogP contribution in [0.15, 0.2) is 35.0 Å². The number of hydrogen-bond acceptors (Lipinski definition) is 5. The van der Waals surface area contributed by atoms with Gasteiger partial charge in [0.05, 0.1) is 0 Å². The van der Waals surface area contributed by atoms with Crippen LogP contribution in [0.4, 0.5) is 5.95 Å². The molecule has 132 valence electrons. The lowest BCUT2D eigenvalue weighted by atomic mass is 10.2. The molecule has 4 rings (SSSR count). The second-order valence-electron chi connectivity index (χ2n) is 7.04. The molecule has 1 aliphatic heterocycles. The number of nitrogens with zero attached hydrogens (tertiary/aromatic N) is 4. The summed E-state index contributed by atoms with van der Waals surface area (Å²) < 4.78 is 5.90. The molecule has 0 N–H and O–H groups in total. The van der Waals surface area contributed by atoms with E-state index in [-0.39, 0.29) is 5.91 Å². The maximum Gasteiger partial charge on any atom is 0.225 e. The van der Waals surface area contributed by atoms with Crippen LogP contribution in [0.5, 0.6) is 0 Å². The van der Waals surface area contributed by atoms with Crippen LogP contribution < -0.4 is 4.90 Å². The minimum absolute atomic E-state index is 0.200. The van der Waals surface area contributed by atoms with Crippen molar-refractivity contribution in [3.05, 3.63) is 42.1 Å². The van der Waals surface area contributed by atoms with Crippen LogP contribution in [-0.4, -0.2) is 47.0 Å². The maximum atomic E-state index is 12.5. The normalized spacial score (nSPS) is 22.9. The van der Waals surface area contributed by atoms with Crippen LogP contribution in [-0.2, 0) is 11.2 Å². The van der Waals surface area contributed by atoms with E-state index in [1.54, 1.807) is 12.4 Å². The minimum Gasteiger partial charge on any atom is -0.466 e. The first-order valence-corrected chi connectivity index (χ1v) is 9.09. The molecule has 0 aromatic carbocycles. The third-order valence-corrected chi connectivity index (χ3v) is 5.21. The van der Waals surface area contributed by atoms with E-state index in [9.17, 15) is 4.79 Å². The van der Waals surface area contributed by atoms with Crippen molar-refractivity contribution < 1.29 is 9.21 Å². The number of carbonyl (C=O) groups excluding carboxylic acids is 1. The highest BCUT2D eigenvalue weighted by Crippen LogP contribution is 2.47. The van der Waals surface area contributed by atoms with Gasteiger partial charge in [-0.15, -0.1) is 0 Å². The van der Waals surface area contributed by atoms with Gasteiger partial charge in [0, 0.05) is 57.3 Å². The van der Waals surface area contributed by atoms with Crippen molar-refractivity contribution in [2.24, 2.45) is 5.92 Å². The Balaban J connectivity index is 1.24. The summed E-state index contributed by atoms with van der Waals surface area (Å²) >= 11 is 0. The Hall–Kier alpha value is -2.37. The molecule has 2 aromatic heterocycles. The molecule has 1 saturated heterocycles. The van der Waals surface area contributed by atoms with Crippen LogP contribution in [0.3, 0.4) is 0 Å². The van der Waals surface area contributed by atoms with Crippen molar-refractivity contribution >= 4 is 11.9 Å².